The Kier molecular flexibility index (Phi) is 3.38. The van der Waals surface area contributed by atoms with Crippen molar-refractivity contribution in [1.82, 2.24) is 4.90 Å². The molecule has 0 aromatic heterocycles. The van der Waals surface area contributed by atoms with Gasteiger partial charge < -0.3 is 15.4 Å². The van der Waals surface area contributed by atoms with Crippen LogP contribution in [0.25, 0.3) is 0 Å². The number of piperidine rings is 1. The molecule has 2 heterocycles. The maximum atomic E-state index is 6.03. The normalized spacial score (nSPS) is 30.0. The van der Waals surface area contributed by atoms with Crippen molar-refractivity contribution in [1.29, 1.82) is 0 Å². The van der Waals surface area contributed by atoms with E-state index in [1.165, 1.54) is 12.8 Å². The number of nitrogens with zero attached hydrogens (tertiary/aromatic N) is 2. The number of guanidine groups is 1. The molecule has 0 aromatic carbocycles. The second kappa shape index (κ2) is 4.62. The summed E-state index contributed by atoms with van der Waals surface area (Å²) in [5.74, 6) is 1.46. The fraction of sp³-hybridized carbons (Fsp3) is 0.917. The highest BCUT2D eigenvalue weighted by Gasteiger charge is 2.33. The van der Waals surface area contributed by atoms with E-state index >= 15 is 0 Å². The average Bonchev–Trinajstić information content (AvgIpc) is 2.23. The number of aliphatic imine (C=N–C) groups is 1. The van der Waals surface area contributed by atoms with Crippen molar-refractivity contribution in [3.05, 3.63) is 0 Å². The average molecular weight is 225 g/mol. The second-order valence-electron chi connectivity index (χ2n) is 5.67. The molecule has 0 aromatic rings. The number of rotatable bonds is 2. The number of ether oxygens (including phenoxy) is 1. The SMILES string of the molecule is CC1CCCN(C(N)=NCC2(C)COC2)C1. The molecule has 16 heavy (non-hydrogen) atoms. The van der Waals surface area contributed by atoms with E-state index in [0.717, 1.165) is 44.7 Å². The van der Waals surface area contributed by atoms with Crippen LogP contribution in [0.1, 0.15) is 26.7 Å². The van der Waals surface area contributed by atoms with Gasteiger partial charge in [0.1, 0.15) is 0 Å². The van der Waals surface area contributed by atoms with E-state index in [1.807, 2.05) is 0 Å². The zero-order chi connectivity index (χ0) is 11.6. The van der Waals surface area contributed by atoms with E-state index in [9.17, 15) is 0 Å². The topological polar surface area (TPSA) is 50.8 Å². The van der Waals surface area contributed by atoms with Gasteiger partial charge in [-0.25, -0.2) is 0 Å². The molecule has 1 atom stereocenters. The summed E-state index contributed by atoms with van der Waals surface area (Å²) in [7, 11) is 0. The quantitative estimate of drug-likeness (QED) is 0.565. The minimum Gasteiger partial charge on any atom is -0.380 e. The van der Waals surface area contributed by atoms with E-state index in [0.29, 0.717) is 0 Å². The number of nitrogens with two attached hydrogens (primary N) is 1. The van der Waals surface area contributed by atoms with E-state index in [2.05, 4.69) is 23.7 Å². The highest BCUT2D eigenvalue weighted by molar-refractivity contribution is 5.78. The molecule has 0 spiro atoms. The molecule has 0 bridgehead atoms. The highest BCUT2D eigenvalue weighted by Crippen LogP contribution is 2.26. The van der Waals surface area contributed by atoms with E-state index in [4.69, 9.17) is 10.5 Å². The van der Waals surface area contributed by atoms with Gasteiger partial charge in [-0.15, -0.1) is 0 Å². The van der Waals surface area contributed by atoms with Crippen LogP contribution in [0.5, 0.6) is 0 Å². The molecule has 2 aliphatic heterocycles. The van der Waals surface area contributed by atoms with Gasteiger partial charge in [0.05, 0.1) is 19.8 Å². The minimum atomic E-state index is 0.228. The molecular weight excluding hydrogens is 202 g/mol. The molecule has 2 N–H and O–H groups in total. The lowest BCUT2D eigenvalue weighted by Gasteiger charge is -2.37. The Bertz CT molecular complexity index is 273. The van der Waals surface area contributed by atoms with Crippen molar-refractivity contribution in [3.8, 4) is 0 Å². The molecule has 4 heteroatoms. The summed E-state index contributed by atoms with van der Waals surface area (Å²) in [4.78, 5) is 6.74. The second-order valence-corrected chi connectivity index (χ2v) is 5.67. The first-order valence-electron chi connectivity index (χ1n) is 6.22. The Labute approximate surface area is 97.9 Å². The number of hydrogen-bond donors (Lipinski definition) is 1. The molecule has 2 aliphatic rings. The van der Waals surface area contributed by atoms with Gasteiger partial charge in [0.2, 0.25) is 0 Å². The first-order chi connectivity index (χ1) is 7.59. The molecular formula is C12H23N3O. The van der Waals surface area contributed by atoms with Gasteiger partial charge in [-0.3, -0.25) is 4.99 Å². The van der Waals surface area contributed by atoms with E-state index in [-0.39, 0.29) is 5.41 Å². The van der Waals surface area contributed by atoms with E-state index < -0.39 is 0 Å². The fourth-order valence-electron chi connectivity index (χ4n) is 2.31. The predicted molar refractivity (Wildman–Crippen MR) is 65.4 cm³/mol. The summed E-state index contributed by atoms with van der Waals surface area (Å²) in [6, 6.07) is 0. The fourth-order valence-corrected chi connectivity index (χ4v) is 2.31. The third kappa shape index (κ3) is 2.67. The smallest absolute Gasteiger partial charge is 0.191 e. The lowest BCUT2D eigenvalue weighted by atomic mass is 9.89. The zero-order valence-corrected chi connectivity index (χ0v) is 10.4. The first-order valence-corrected chi connectivity index (χ1v) is 6.22. The summed E-state index contributed by atoms with van der Waals surface area (Å²) in [5, 5.41) is 0. The van der Waals surface area contributed by atoms with E-state index in [1.54, 1.807) is 0 Å². The molecule has 0 aliphatic carbocycles. The van der Waals surface area contributed by atoms with Gasteiger partial charge in [0, 0.05) is 18.5 Å². The maximum Gasteiger partial charge on any atom is 0.191 e. The van der Waals surface area contributed by atoms with Gasteiger partial charge in [0.15, 0.2) is 5.96 Å². The zero-order valence-electron chi connectivity index (χ0n) is 10.4. The Morgan fingerprint density at radius 1 is 1.56 bits per heavy atom. The Hall–Kier alpha value is -0.770. The molecule has 0 saturated carbocycles. The van der Waals surface area contributed by atoms with Crippen molar-refractivity contribution in [3.63, 3.8) is 0 Å². The van der Waals surface area contributed by atoms with Crippen LogP contribution < -0.4 is 5.73 Å². The van der Waals surface area contributed by atoms with Crippen molar-refractivity contribution >= 4 is 5.96 Å². The van der Waals surface area contributed by atoms with Crippen LogP contribution in [0.3, 0.4) is 0 Å². The summed E-state index contributed by atoms with van der Waals surface area (Å²) < 4.78 is 5.21. The minimum absolute atomic E-state index is 0.228. The molecule has 1 unspecified atom stereocenters. The van der Waals surface area contributed by atoms with Crippen LogP contribution in [0.2, 0.25) is 0 Å². The van der Waals surface area contributed by atoms with Crippen LogP contribution in [0.4, 0.5) is 0 Å². The number of likely N-dealkylation sites (tertiary alicyclic amines) is 1. The largest absolute Gasteiger partial charge is 0.380 e. The summed E-state index contributed by atoms with van der Waals surface area (Å²) in [6.07, 6.45) is 2.55. The number of hydrogen-bond acceptors (Lipinski definition) is 2. The lowest BCUT2D eigenvalue weighted by Crippen LogP contribution is -2.46. The third-order valence-corrected chi connectivity index (χ3v) is 3.50. The van der Waals surface area contributed by atoms with Gasteiger partial charge in [-0.05, 0) is 18.8 Å². The van der Waals surface area contributed by atoms with Crippen LogP contribution in [0, 0.1) is 11.3 Å². The van der Waals surface area contributed by atoms with Gasteiger partial charge in [-0.1, -0.05) is 13.8 Å². The van der Waals surface area contributed by atoms with Crippen molar-refractivity contribution in [2.24, 2.45) is 22.1 Å². The molecule has 92 valence electrons. The third-order valence-electron chi connectivity index (χ3n) is 3.50. The van der Waals surface area contributed by atoms with Crippen LogP contribution in [-0.2, 0) is 4.74 Å². The molecule has 0 radical (unpaired) electrons. The maximum absolute atomic E-state index is 6.03. The molecule has 2 saturated heterocycles. The first kappa shape index (κ1) is 11.7. The predicted octanol–water partition coefficient (Wildman–Crippen LogP) is 1.07. The Morgan fingerprint density at radius 2 is 2.31 bits per heavy atom. The summed E-state index contributed by atoms with van der Waals surface area (Å²) in [5.41, 5.74) is 6.26. The summed E-state index contributed by atoms with van der Waals surface area (Å²) >= 11 is 0. The van der Waals surface area contributed by atoms with Gasteiger partial charge in [0.25, 0.3) is 0 Å². The molecule has 4 nitrogen and oxygen atoms in total. The van der Waals surface area contributed by atoms with Crippen LogP contribution in [-0.4, -0.2) is 43.7 Å². The Morgan fingerprint density at radius 3 is 2.88 bits per heavy atom. The van der Waals surface area contributed by atoms with Crippen molar-refractivity contribution in [2.45, 2.75) is 26.7 Å². The van der Waals surface area contributed by atoms with Crippen molar-refractivity contribution < 1.29 is 4.74 Å². The van der Waals surface area contributed by atoms with Crippen LogP contribution >= 0.6 is 0 Å². The summed E-state index contributed by atoms with van der Waals surface area (Å²) in [6.45, 7) is 9.03. The van der Waals surface area contributed by atoms with Gasteiger partial charge in [-0.2, -0.15) is 0 Å². The highest BCUT2D eigenvalue weighted by atomic mass is 16.5. The van der Waals surface area contributed by atoms with Crippen LogP contribution in [0.15, 0.2) is 4.99 Å². The Balaban J connectivity index is 1.85. The van der Waals surface area contributed by atoms with Crippen molar-refractivity contribution in [2.75, 3.05) is 32.8 Å². The molecule has 2 fully saturated rings. The lowest BCUT2D eigenvalue weighted by molar-refractivity contribution is -0.0945. The monoisotopic (exact) mass is 225 g/mol. The molecule has 2 rings (SSSR count). The van der Waals surface area contributed by atoms with Gasteiger partial charge >= 0.3 is 0 Å². The standard InChI is InChI=1S/C12H23N3O/c1-10-4-3-5-15(6-10)11(13)14-7-12(2)8-16-9-12/h10H,3-9H2,1-2H3,(H2,13,14). The molecule has 0 amide bonds.